The molecule has 0 aliphatic carbocycles. The smallest absolute Gasteiger partial charge is 0.338 e. The number of hydrogen-bond donors (Lipinski definition) is 2. The molecule has 2 aromatic rings. The van der Waals surface area contributed by atoms with Gasteiger partial charge < -0.3 is 20.3 Å². The van der Waals surface area contributed by atoms with Crippen LogP contribution in [0.4, 0.5) is 19.3 Å². The van der Waals surface area contributed by atoms with Gasteiger partial charge >= 0.3 is 12.0 Å². The predicted molar refractivity (Wildman–Crippen MR) is 120 cm³/mol. The van der Waals surface area contributed by atoms with Crippen LogP contribution in [0.25, 0.3) is 0 Å². The highest BCUT2D eigenvalue weighted by molar-refractivity contribution is 5.95. The van der Waals surface area contributed by atoms with Gasteiger partial charge in [0.25, 0.3) is 0 Å². The van der Waals surface area contributed by atoms with E-state index in [0.717, 1.165) is 44.0 Å². The van der Waals surface area contributed by atoms with Crippen molar-refractivity contribution < 1.29 is 23.1 Å². The lowest BCUT2D eigenvalue weighted by atomic mass is 9.94. The van der Waals surface area contributed by atoms with Crippen molar-refractivity contribution in [3.8, 4) is 0 Å². The maximum atomic E-state index is 13.9. The van der Waals surface area contributed by atoms with Gasteiger partial charge in [0.05, 0.1) is 18.2 Å². The minimum Gasteiger partial charge on any atom is -0.463 e. The Hall–Kier alpha value is -3.46. The summed E-state index contributed by atoms with van der Waals surface area (Å²) in [7, 11) is 0. The number of carbonyl (C=O) groups excluding carboxylic acids is 2. The molecule has 0 aromatic heterocycles. The first-order valence-electron chi connectivity index (χ1n) is 10.9. The van der Waals surface area contributed by atoms with Crippen LogP contribution in [0.1, 0.15) is 18.5 Å². The molecule has 2 N–H and O–H groups in total. The Morgan fingerprint density at radius 3 is 2.45 bits per heavy atom. The second kappa shape index (κ2) is 9.99. The number of rotatable bonds is 6. The SMILES string of the molecule is CCOC(=O)C1=C(CN2CCN(c3ccccc3)CC2)NC(=O)NC1c1ccc(F)c(F)c1. The summed E-state index contributed by atoms with van der Waals surface area (Å²) in [5.41, 5.74) is 2.00. The average molecular weight is 456 g/mol. The molecule has 1 saturated heterocycles. The Morgan fingerprint density at radius 2 is 1.79 bits per heavy atom. The van der Waals surface area contributed by atoms with Crippen molar-refractivity contribution >= 4 is 17.7 Å². The number of nitrogens with zero attached hydrogens (tertiary/aromatic N) is 2. The van der Waals surface area contributed by atoms with Crippen molar-refractivity contribution in [3.63, 3.8) is 0 Å². The molecule has 2 aliphatic rings. The number of ether oxygens (including phenoxy) is 1. The fourth-order valence-corrected chi connectivity index (χ4v) is 4.16. The standard InChI is InChI=1S/C24H26F2N4O3/c1-2-33-23(31)21-20(15-29-10-12-30(13-11-29)17-6-4-3-5-7-17)27-24(32)28-22(21)16-8-9-18(25)19(26)14-16/h3-9,14,22H,2,10-13,15H2,1H3,(H2,27,28,32). The Labute approximate surface area is 191 Å². The number of carbonyl (C=O) groups is 2. The molecule has 1 atom stereocenters. The molecule has 0 spiro atoms. The number of halogens is 2. The summed E-state index contributed by atoms with van der Waals surface area (Å²) in [5.74, 6) is -2.67. The third kappa shape index (κ3) is 5.14. The van der Waals surface area contributed by atoms with Gasteiger partial charge in [-0.3, -0.25) is 4.90 Å². The summed E-state index contributed by atoms with van der Waals surface area (Å²) < 4.78 is 32.6. The van der Waals surface area contributed by atoms with Crippen LogP contribution in [0.15, 0.2) is 59.8 Å². The summed E-state index contributed by atoms with van der Waals surface area (Å²) in [6.45, 7) is 5.20. The molecule has 0 bridgehead atoms. The lowest BCUT2D eigenvalue weighted by molar-refractivity contribution is -0.139. The summed E-state index contributed by atoms with van der Waals surface area (Å²) in [6, 6.07) is 12.0. The lowest BCUT2D eigenvalue weighted by Crippen LogP contribution is -2.51. The van der Waals surface area contributed by atoms with E-state index in [1.54, 1.807) is 6.92 Å². The first kappa shape index (κ1) is 22.7. The van der Waals surface area contributed by atoms with Crippen molar-refractivity contribution in [2.75, 3.05) is 44.2 Å². The van der Waals surface area contributed by atoms with Gasteiger partial charge in [0.15, 0.2) is 11.6 Å². The first-order valence-corrected chi connectivity index (χ1v) is 10.9. The fraction of sp³-hybridized carbons (Fsp3) is 0.333. The molecule has 2 heterocycles. The summed E-state index contributed by atoms with van der Waals surface area (Å²) in [6.07, 6.45) is 0. The number of piperazine rings is 1. The third-order valence-corrected chi connectivity index (χ3v) is 5.80. The number of anilines is 1. The van der Waals surface area contributed by atoms with Crippen molar-refractivity contribution in [1.29, 1.82) is 0 Å². The Bertz CT molecular complexity index is 1050. The Balaban J connectivity index is 1.58. The van der Waals surface area contributed by atoms with Crippen molar-refractivity contribution in [1.82, 2.24) is 15.5 Å². The number of esters is 1. The largest absolute Gasteiger partial charge is 0.463 e. The summed E-state index contributed by atoms with van der Waals surface area (Å²) >= 11 is 0. The molecule has 2 aliphatic heterocycles. The van der Waals surface area contributed by atoms with E-state index in [0.29, 0.717) is 12.2 Å². The van der Waals surface area contributed by atoms with Gasteiger partial charge in [-0.2, -0.15) is 0 Å². The minimum absolute atomic E-state index is 0.143. The van der Waals surface area contributed by atoms with Crippen LogP contribution < -0.4 is 15.5 Å². The topological polar surface area (TPSA) is 73.9 Å². The minimum atomic E-state index is -1.05. The van der Waals surface area contributed by atoms with Gasteiger partial charge in [-0.05, 0) is 36.8 Å². The van der Waals surface area contributed by atoms with Gasteiger partial charge in [-0.25, -0.2) is 18.4 Å². The quantitative estimate of drug-likeness (QED) is 0.654. The molecule has 9 heteroatoms. The third-order valence-electron chi connectivity index (χ3n) is 5.80. The van der Waals surface area contributed by atoms with E-state index in [2.05, 4.69) is 32.6 Å². The maximum Gasteiger partial charge on any atom is 0.338 e. The van der Waals surface area contributed by atoms with E-state index in [1.807, 2.05) is 18.2 Å². The van der Waals surface area contributed by atoms with E-state index >= 15 is 0 Å². The van der Waals surface area contributed by atoms with Crippen LogP contribution >= 0.6 is 0 Å². The van der Waals surface area contributed by atoms with Crippen LogP contribution in [0.2, 0.25) is 0 Å². The second-order valence-electron chi connectivity index (χ2n) is 7.92. The summed E-state index contributed by atoms with van der Waals surface area (Å²) in [5, 5.41) is 5.37. The molecule has 0 saturated carbocycles. The molecule has 1 unspecified atom stereocenters. The zero-order valence-electron chi connectivity index (χ0n) is 18.3. The number of urea groups is 1. The second-order valence-corrected chi connectivity index (χ2v) is 7.92. The van der Waals surface area contributed by atoms with Crippen LogP contribution in [0.3, 0.4) is 0 Å². The summed E-state index contributed by atoms with van der Waals surface area (Å²) in [4.78, 5) is 29.7. The molecule has 0 radical (unpaired) electrons. The van der Waals surface area contributed by atoms with Crippen LogP contribution in [0.5, 0.6) is 0 Å². The van der Waals surface area contributed by atoms with E-state index in [1.165, 1.54) is 6.07 Å². The number of hydrogen-bond acceptors (Lipinski definition) is 5. The molecule has 7 nitrogen and oxygen atoms in total. The Morgan fingerprint density at radius 1 is 1.06 bits per heavy atom. The molecule has 33 heavy (non-hydrogen) atoms. The van der Waals surface area contributed by atoms with Gasteiger partial charge in [-0.1, -0.05) is 24.3 Å². The van der Waals surface area contributed by atoms with Gasteiger partial charge in [-0.15, -0.1) is 0 Å². The Kier molecular flexibility index (Phi) is 6.88. The number of benzene rings is 2. The van der Waals surface area contributed by atoms with Gasteiger partial charge in [0, 0.05) is 44.1 Å². The predicted octanol–water partition coefficient (Wildman–Crippen LogP) is 2.96. The highest BCUT2D eigenvalue weighted by Crippen LogP contribution is 2.29. The van der Waals surface area contributed by atoms with E-state index in [4.69, 9.17) is 4.74 Å². The van der Waals surface area contributed by atoms with Crippen LogP contribution in [0, 0.1) is 11.6 Å². The zero-order valence-corrected chi connectivity index (χ0v) is 18.3. The highest BCUT2D eigenvalue weighted by atomic mass is 19.2. The maximum absolute atomic E-state index is 13.9. The normalized spacial score (nSPS) is 19.2. The molecule has 4 rings (SSSR count). The molecule has 1 fully saturated rings. The van der Waals surface area contributed by atoms with Gasteiger partial charge in [0.1, 0.15) is 0 Å². The molecular formula is C24H26F2N4O3. The fourth-order valence-electron chi connectivity index (χ4n) is 4.16. The van der Waals surface area contributed by atoms with E-state index in [9.17, 15) is 18.4 Å². The van der Waals surface area contributed by atoms with E-state index in [-0.39, 0.29) is 17.7 Å². The van der Waals surface area contributed by atoms with E-state index < -0.39 is 29.7 Å². The molecular weight excluding hydrogens is 430 g/mol. The zero-order chi connectivity index (χ0) is 23.4. The van der Waals surface area contributed by atoms with Crippen LogP contribution in [-0.4, -0.2) is 56.2 Å². The number of amides is 2. The lowest BCUT2D eigenvalue weighted by Gasteiger charge is -2.38. The monoisotopic (exact) mass is 456 g/mol. The number of para-hydroxylation sites is 1. The molecule has 2 amide bonds. The average Bonchev–Trinajstić information content (AvgIpc) is 2.81. The molecule has 174 valence electrons. The highest BCUT2D eigenvalue weighted by Gasteiger charge is 2.35. The van der Waals surface area contributed by atoms with Crippen LogP contribution in [-0.2, 0) is 9.53 Å². The first-order chi connectivity index (χ1) is 16.0. The van der Waals surface area contributed by atoms with Crippen molar-refractivity contribution in [2.24, 2.45) is 0 Å². The number of nitrogens with one attached hydrogen (secondary N) is 2. The van der Waals surface area contributed by atoms with Gasteiger partial charge in [0.2, 0.25) is 0 Å². The van der Waals surface area contributed by atoms with Crippen molar-refractivity contribution in [3.05, 3.63) is 77.0 Å². The molecule has 2 aromatic carbocycles. The van der Waals surface area contributed by atoms with Crippen molar-refractivity contribution in [2.45, 2.75) is 13.0 Å².